The Morgan fingerprint density at radius 1 is 1.35 bits per heavy atom. The summed E-state index contributed by atoms with van der Waals surface area (Å²) in [6.07, 6.45) is 2.99. The van der Waals surface area contributed by atoms with Gasteiger partial charge in [-0.05, 0) is 30.5 Å². The second-order valence-electron chi connectivity index (χ2n) is 5.92. The van der Waals surface area contributed by atoms with Gasteiger partial charge in [-0.1, -0.05) is 25.5 Å². The number of unbranched alkanes of at least 4 members (excludes halogenated alkanes) is 1. The molecule has 0 bridgehead atoms. The molecule has 126 valence electrons. The van der Waals surface area contributed by atoms with Crippen LogP contribution in [0.4, 0.5) is 0 Å². The maximum absolute atomic E-state index is 12.4. The lowest BCUT2D eigenvalue weighted by Crippen LogP contribution is -2.47. The summed E-state index contributed by atoms with van der Waals surface area (Å²) in [7, 11) is 3.28. The van der Waals surface area contributed by atoms with Gasteiger partial charge in [0.25, 0.3) is 0 Å². The van der Waals surface area contributed by atoms with E-state index in [0.717, 1.165) is 24.2 Å². The third kappa shape index (κ3) is 3.84. The van der Waals surface area contributed by atoms with Gasteiger partial charge in [-0.25, -0.2) is 0 Å². The minimum Gasteiger partial charge on any atom is -0.497 e. The van der Waals surface area contributed by atoms with E-state index in [1.165, 1.54) is 0 Å². The summed E-state index contributed by atoms with van der Waals surface area (Å²) in [5, 5.41) is 2.75. The summed E-state index contributed by atoms with van der Waals surface area (Å²) in [4.78, 5) is 26.6. The van der Waals surface area contributed by atoms with Crippen LogP contribution in [0, 0.1) is 5.92 Å². The Labute approximate surface area is 138 Å². The maximum Gasteiger partial charge on any atom is 0.225 e. The molecule has 5 nitrogen and oxygen atoms in total. The number of nitrogens with zero attached hydrogens (tertiary/aromatic N) is 1. The van der Waals surface area contributed by atoms with Crippen LogP contribution in [0.3, 0.4) is 0 Å². The molecule has 1 fully saturated rings. The molecule has 0 radical (unpaired) electrons. The van der Waals surface area contributed by atoms with Gasteiger partial charge in [0.2, 0.25) is 11.8 Å². The Kier molecular flexibility index (Phi) is 6.02. The molecule has 0 saturated carbocycles. The summed E-state index contributed by atoms with van der Waals surface area (Å²) in [5.41, 5.74) is 0.989. The molecular weight excluding hydrogens is 292 g/mol. The molecule has 0 aromatic heterocycles. The zero-order valence-corrected chi connectivity index (χ0v) is 14.2. The SMILES string of the molecule is CCCCN1C(=O)CC[C@H](C(=O)NC)[C@@H]1c1ccc(OC)cc1. The lowest BCUT2D eigenvalue weighted by molar-refractivity contribution is -0.143. The van der Waals surface area contributed by atoms with Crippen molar-refractivity contribution in [3.8, 4) is 5.75 Å². The molecule has 1 saturated heterocycles. The predicted octanol–water partition coefficient (Wildman–Crippen LogP) is 2.52. The Morgan fingerprint density at radius 3 is 2.61 bits per heavy atom. The molecule has 2 atom stereocenters. The molecule has 0 spiro atoms. The number of carbonyl (C=O) groups is 2. The Hall–Kier alpha value is -2.04. The highest BCUT2D eigenvalue weighted by Gasteiger charge is 2.39. The average molecular weight is 318 g/mol. The van der Waals surface area contributed by atoms with Crippen molar-refractivity contribution in [2.24, 2.45) is 5.92 Å². The number of piperidine rings is 1. The third-order valence-electron chi connectivity index (χ3n) is 4.50. The van der Waals surface area contributed by atoms with Crippen LogP contribution in [-0.2, 0) is 9.59 Å². The first kappa shape index (κ1) is 17.3. The number of amides is 2. The first-order valence-electron chi connectivity index (χ1n) is 8.27. The van der Waals surface area contributed by atoms with Crippen molar-refractivity contribution >= 4 is 11.8 Å². The number of ether oxygens (including phenoxy) is 1. The number of likely N-dealkylation sites (tertiary alicyclic amines) is 1. The molecule has 2 rings (SSSR count). The van der Waals surface area contributed by atoms with Crippen LogP contribution >= 0.6 is 0 Å². The van der Waals surface area contributed by atoms with Gasteiger partial charge in [0.15, 0.2) is 0 Å². The van der Waals surface area contributed by atoms with E-state index in [9.17, 15) is 9.59 Å². The van der Waals surface area contributed by atoms with E-state index in [1.54, 1.807) is 14.2 Å². The molecule has 1 heterocycles. The molecule has 1 aromatic rings. The number of rotatable bonds is 6. The monoisotopic (exact) mass is 318 g/mol. The molecule has 1 aromatic carbocycles. The van der Waals surface area contributed by atoms with Crippen molar-refractivity contribution in [3.05, 3.63) is 29.8 Å². The molecule has 5 heteroatoms. The summed E-state index contributed by atoms with van der Waals surface area (Å²) in [6, 6.07) is 7.47. The van der Waals surface area contributed by atoms with Crippen molar-refractivity contribution < 1.29 is 14.3 Å². The third-order valence-corrected chi connectivity index (χ3v) is 4.50. The Bertz CT molecular complexity index is 542. The van der Waals surface area contributed by atoms with Crippen LogP contribution in [0.25, 0.3) is 0 Å². The predicted molar refractivity (Wildman–Crippen MR) is 89.1 cm³/mol. The maximum atomic E-state index is 12.4. The molecule has 0 unspecified atom stereocenters. The van der Waals surface area contributed by atoms with Crippen LogP contribution in [0.1, 0.15) is 44.2 Å². The van der Waals surface area contributed by atoms with Gasteiger partial charge >= 0.3 is 0 Å². The quantitative estimate of drug-likeness (QED) is 0.877. The van der Waals surface area contributed by atoms with Crippen LogP contribution < -0.4 is 10.1 Å². The van der Waals surface area contributed by atoms with Crippen molar-refractivity contribution in [2.45, 2.75) is 38.6 Å². The second kappa shape index (κ2) is 7.99. The van der Waals surface area contributed by atoms with Gasteiger partial charge in [0.1, 0.15) is 5.75 Å². The van der Waals surface area contributed by atoms with Crippen LogP contribution in [0.2, 0.25) is 0 Å². The van der Waals surface area contributed by atoms with Gasteiger partial charge in [0, 0.05) is 20.0 Å². The summed E-state index contributed by atoms with van der Waals surface area (Å²) >= 11 is 0. The number of hydrogen-bond acceptors (Lipinski definition) is 3. The van der Waals surface area contributed by atoms with Gasteiger partial charge in [-0.3, -0.25) is 9.59 Å². The van der Waals surface area contributed by atoms with E-state index in [4.69, 9.17) is 4.74 Å². The fourth-order valence-electron chi connectivity index (χ4n) is 3.22. The van der Waals surface area contributed by atoms with Crippen molar-refractivity contribution in [1.82, 2.24) is 10.2 Å². The number of nitrogens with one attached hydrogen (secondary N) is 1. The Balaban J connectivity index is 2.36. The standard InChI is InChI=1S/C18H26N2O3/c1-4-5-12-20-16(21)11-10-15(18(22)19-2)17(20)13-6-8-14(23-3)9-7-13/h6-9,15,17H,4-5,10-12H2,1-3H3,(H,19,22)/t15-,17-/m0/s1. The van der Waals surface area contributed by atoms with Crippen LogP contribution in [-0.4, -0.2) is 37.4 Å². The molecule has 1 aliphatic heterocycles. The fourth-order valence-corrected chi connectivity index (χ4v) is 3.22. The van der Waals surface area contributed by atoms with Crippen molar-refractivity contribution in [3.63, 3.8) is 0 Å². The molecule has 1 aliphatic rings. The highest BCUT2D eigenvalue weighted by Crippen LogP contribution is 2.37. The highest BCUT2D eigenvalue weighted by atomic mass is 16.5. The molecule has 23 heavy (non-hydrogen) atoms. The fraction of sp³-hybridized carbons (Fsp3) is 0.556. The number of methoxy groups -OCH3 is 1. The molecular formula is C18H26N2O3. The average Bonchev–Trinajstić information content (AvgIpc) is 2.59. The van der Waals surface area contributed by atoms with E-state index < -0.39 is 0 Å². The minimum atomic E-state index is -0.206. The largest absolute Gasteiger partial charge is 0.497 e. The van der Waals surface area contributed by atoms with E-state index in [-0.39, 0.29) is 23.8 Å². The summed E-state index contributed by atoms with van der Waals surface area (Å²) in [6.45, 7) is 2.80. The van der Waals surface area contributed by atoms with E-state index in [1.807, 2.05) is 29.2 Å². The molecule has 0 aliphatic carbocycles. The lowest BCUT2D eigenvalue weighted by atomic mass is 9.83. The van der Waals surface area contributed by atoms with Gasteiger partial charge in [-0.2, -0.15) is 0 Å². The zero-order valence-electron chi connectivity index (χ0n) is 14.2. The molecule has 1 N–H and O–H groups in total. The number of carbonyl (C=O) groups excluding carboxylic acids is 2. The summed E-state index contributed by atoms with van der Waals surface area (Å²) in [5.74, 6) is 0.703. The van der Waals surface area contributed by atoms with Gasteiger partial charge in [0.05, 0.1) is 19.1 Å². The van der Waals surface area contributed by atoms with Crippen molar-refractivity contribution in [1.29, 1.82) is 0 Å². The lowest BCUT2D eigenvalue weighted by Gasteiger charge is -2.40. The summed E-state index contributed by atoms with van der Waals surface area (Å²) < 4.78 is 5.21. The first-order valence-corrected chi connectivity index (χ1v) is 8.27. The minimum absolute atomic E-state index is 0.000170. The highest BCUT2D eigenvalue weighted by molar-refractivity contribution is 5.84. The second-order valence-corrected chi connectivity index (χ2v) is 5.92. The zero-order chi connectivity index (χ0) is 16.8. The van der Waals surface area contributed by atoms with Crippen LogP contribution in [0.5, 0.6) is 5.75 Å². The first-order chi connectivity index (χ1) is 11.1. The van der Waals surface area contributed by atoms with Crippen LogP contribution in [0.15, 0.2) is 24.3 Å². The molecule has 2 amide bonds. The van der Waals surface area contributed by atoms with E-state index in [0.29, 0.717) is 19.4 Å². The van der Waals surface area contributed by atoms with Crippen molar-refractivity contribution in [2.75, 3.05) is 20.7 Å². The van der Waals surface area contributed by atoms with Gasteiger partial charge in [-0.15, -0.1) is 0 Å². The normalized spacial score (nSPS) is 21.2. The topological polar surface area (TPSA) is 58.6 Å². The number of hydrogen-bond donors (Lipinski definition) is 1. The van der Waals surface area contributed by atoms with E-state index >= 15 is 0 Å². The Morgan fingerprint density at radius 2 is 2.04 bits per heavy atom. The smallest absolute Gasteiger partial charge is 0.225 e. The number of benzene rings is 1. The van der Waals surface area contributed by atoms with Gasteiger partial charge < -0.3 is 15.0 Å². The van der Waals surface area contributed by atoms with E-state index in [2.05, 4.69) is 12.2 Å².